The maximum Gasteiger partial charge on any atom is 0.328 e. The van der Waals surface area contributed by atoms with E-state index >= 15 is 0 Å². The van der Waals surface area contributed by atoms with Crippen molar-refractivity contribution >= 4 is 27.7 Å². The lowest BCUT2D eigenvalue weighted by molar-refractivity contribution is -0.141. The second-order valence-electron chi connectivity index (χ2n) is 2.60. The van der Waals surface area contributed by atoms with Crippen LogP contribution in [0.1, 0.15) is 19.4 Å². The van der Waals surface area contributed by atoms with E-state index < -0.39 is 12.0 Å². The molecule has 0 aliphatic carbocycles. The molecule has 0 saturated carbocycles. The molecule has 3 N–H and O–H groups in total. The average molecular weight is 248 g/mol. The molecule has 1 heterocycles. The molecular formula is C7H10BrN3O2. The van der Waals surface area contributed by atoms with E-state index in [1.165, 1.54) is 4.68 Å². The Kier molecular flexibility index (Phi) is 2.92. The van der Waals surface area contributed by atoms with Crippen LogP contribution in [-0.2, 0) is 4.79 Å². The molecule has 0 saturated heterocycles. The molecule has 0 aromatic carbocycles. The van der Waals surface area contributed by atoms with Gasteiger partial charge in [0.2, 0.25) is 0 Å². The molecule has 13 heavy (non-hydrogen) atoms. The Bertz CT molecular complexity index is 304. The Balaban J connectivity index is 2.98. The quantitative estimate of drug-likeness (QED) is 0.843. The minimum atomic E-state index is -0.905. The summed E-state index contributed by atoms with van der Waals surface area (Å²) in [7, 11) is 0. The van der Waals surface area contributed by atoms with Crippen LogP contribution in [0.15, 0.2) is 10.7 Å². The fourth-order valence-electron chi connectivity index (χ4n) is 1.02. The second-order valence-corrected chi connectivity index (χ2v) is 3.46. The normalized spacial score (nSPS) is 12.8. The number of carboxylic acid groups (broad SMARTS) is 1. The number of hydrogen-bond acceptors (Lipinski definition) is 3. The number of carboxylic acids is 1. The first kappa shape index (κ1) is 10.0. The standard InChI is InChI=1S/C7H10BrN3O2/c1-2-5(7(12)13)11-3-4(8)6(9)10-11/h3,5H,2H2,1H3,(H2,9,10)(H,12,13). The number of carbonyl (C=O) groups is 1. The third-order valence-electron chi connectivity index (χ3n) is 1.70. The van der Waals surface area contributed by atoms with Crippen molar-refractivity contribution in [3.8, 4) is 0 Å². The summed E-state index contributed by atoms with van der Waals surface area (Å²) in [5.74, 6) is -0.600. The van der Waals surface area contributed by atoms with Gasteiger partial charge in [0.05, 0.1) is 4.47 Å². The molecule has 6 heteroatoms. The van der Waals surface area contributed by atoms with Gasteiger partial charge in [-0.05, 0) is 22.4 Å². The van der Waals surface area contributed by atoms with Gasteiger partial charge >= 0.3 is 5.97 Å². The predicted octanol–water partition coefficient (Wildman–Crippen LogP) is 1.26. The van der Waals surface area contributed by atoms with Crippen LogP contribution in [0.3, 0.4) is 0 Å². The van der Waals surface area contributed by atoms with Gasteiger partial charge in [0, 0.05) is 6.20 Å². The highest BCUT2D eigenvalue weighted by Gasteiger charge is 2.18. The van der Waals surface area contributed by atoms with Gasteiger partial charge in [0.25, 0.3) is 0 Å². The third-order valence-corrected chi connectivity index (χ3v) is 2.32. The van der Waals surface area contributed by atoms with E-state index in [9.17, 15) is 4.79 Å². The first-order valence-electron chi connectivity index (χ1n) is 3.79. The fraction of sp³-hybridized carbons (Fsp3) is 0.429. The number of rotatable bonds is 3. The molecule has 0 bridgehead atoms. The summed E-state index contributed by atoms with van der Waals surface area (Å²) < 4.78 is 1.97. The van der Waals surface area contributed by atoms with Crippen LogP contribution in [0.4, 0.5) is 5.82 Å². The van der Waals surface area contributed by atoms with Crippen molar-refractivity contribution in [2.75, 3.05) is 5.73 Å². The van der Waals surface area contributed by atoms with Crippen molar-refractivity contribution < 1.29 is 9.90 Å². The highest BCUT2D eigenvalue weighted by molar-refractivity contribution is 9.10. The molecule has 0 aliphatic heterocycles. The number of halogens is 1. The summed E-state index contributed by atoms with van der Waals surface area (Å²) in [5.41, 5.74) is 5.46. The highest BCUT2D eigenvalue weighted by atomic mass is 79.9. The number of aliphatic carboxylic acids is 1. The number of nitrogens with two attached hydrogens (primary N) is 1. The Hall–Kier alpha value is -1.04. The summed E-state index contributed by atoms with van der Waals surface area (Å²) in [4.78, 5) is 10.7. The van der Waals surface area contributed by atoms with Gasteiger partial charge in [0.15, 0.2) is 5.82 Å². The summed E-state index contributed by atoms with van der Waals surface area (Å²) in [6, 6.07) is -0.645. The van der Waals surface area contributed by atoms with Crippen LogP contribution < -0.4 is 5.73 Å². The third kappa shape index (κ3) is 2.00. The van der Waals surface area contributed by atoms with Gasteiger partial charge < -0.3 is 10.8 Å². The summed E-state index contributed by atoms with van der Waals surface area (Å²) in [5, 5.41) is 12.7. The van der Waals surface area contributed by atoms with Crippen LogP contribution in [0.5, 0.6) is 0 Å². The largest absolute Gasteiger partial charge is 0.480 e. The zero-order valence-corrected chi connectivity index (χ0v) is 8.65. The van der Waals surface area contributed by atoms with Crippen LogP contribution >= 0.6 is 15.9 Å². The Morgan fingerprint density at radius 1 is 1.92 bits per heavy atom. The maximum absolute atomic E-state index is 10.7. The molecule has 0 fully saturated rings. The molecule has 1 aromatic rings. The van der Waals surface area contributed by atoms with Gasteiger partial charge in [-0.25, -0.2) is 4.79 Å². The first-order valence-corrected chi connectivity index (χ1v) is 4.58. The molecule has 1 unspecified atom stereocenters. The lowest BCUT2D eigenvalue weighted by Crippen LogP contribution is -2.18. The van der Waals surface area contributed by atoms with Gasteiger partial charge in [-0.1, -0.05) is 6.92 Å². The molecule has 5 nitrogen and oxygen atoms in total. The summed E-state index contributed by atoms with van der Waals surface area (Å²) in [6.07, 6.45) is 2.04. The van der Waals surface area contributed by atoms with Gasteiger partial charge in [-0.15, -0.1) is 0 Å². The lowest BCUT2D eigenvalue weighted by Gasteiger charge is -2.08. The summed E-state index contributed by atoms with van der Waals surface area (Å²) >= 11 is 3.16. The van der Waals surface area contributed by atoms with Crippen molar-refractivity contribution in [1.29, 1.82) is 0 Å². The zero-order valence-electron chi connectivity index (χ0n) is 7.07. The molecule has 1 rings (SSSR count). The Morgan fingerprint density at radius 2 is 2.54 bits per heavy atom. The fourth-order valence-corrected chi connectivity index (χ4v) is 1.31. The van der Waals surface area contributed by atoms with E-state index in [2.05, 4.69) is 21.0 Å². The van der Waals surface area contributed by atoms with Crippen LogP contribution in [0.2, 0.25) is 0 Å². The van der Waals surface area contributed by atoms with Crippen molar-refractivity contribution in [3.05, 3.63) is 10.7 Å². The number of nitrogens with zero attached hydrogens (tertiary/aromatic N) is 2. The maximum atomic E-state index is 10.7. The van der Waals surface area contributed by atoms with E-state index in [0.29, 0.717) is 16.7 Å². The van der Waals surface area contributed by atoms with E-state index in [1.807, 2.05) is 0 Å². The van der Waals surface area contributed by atoms with Gasteiger partial charge in [-0.2, -0.15) is 5.10 Å². The van der Waals surface area contributed by atoms with Gasteiger partial charge in [-0.3, -0.25) is 4.68 Å². The van der Waals surface area contributed by atoms with Crippen molar-refractivity contribution in [2.45, 2.75) is 19.4 Å². The molecular weight excluding hydrogens is 238 g/mol. The SMILES string of the molecule is CCC(C(=O)O)n1cc(Br)c(N)n1. The lowest BCUT2D eigenvalue weighted by atomic mass is 10.2. The minimum Gasteiger partial charge on any atom is -0.480 e. The van der Waals surface area contributed by atoms with Crippen LogP contribution in [0.25, 0.3) is 0 Å². The smallest absolute Gasteiger partial charge is 0.328 e. The second kappa shape index (κ2) is 3.78. The van der Waals surface area contributed by atoms with E-state index in [4.69, 9.17) is 10.8 Å². The predicted molar refractivity (Wildman–Crippen MR) is 51.3 cm³/mol. The van der Waals surface area contributed by atoms with Crippen molar-refractivity contribution in [2.24, 2.45) is 0 Å². The van der Waals surface area contributed by atoms with Gasteiger partial charge in [0.1, 0.15) is 6.04 Å². The van der Waals surface area contributed by atoms with Crippen molar-refractivity contribution in [3.63, 3.8) is 0 Å². The first-order chi connectivity index (χ1) is 6.06. The van der Waals surface area contributed by atoms with E-state index in [1.54, 1.807) is 13.1 Å². The highest BCUT2D eigenvalue weighted by Crippen LogP contribution is 2.20. The molecule has 0 spiro atoms. The van der Waals surface area contributed by atoms with Crippen LogP contribution in [-0.4, -0.2) is 20.9 Å². The minimum absolute atomic E-state index is 0.305. The molecule has 1 atom stereocenters. The zero-order chi connectivity index (χ0) is 10.0. The topological polar surface area (TPSA) is 81.1 Å². The monoisotopic (exact) mass is 247 g/mol. The Morgan fingerprint density at radius 3 is 2.85 bits per heavy atom. The number of aromatic nitrogens is 2. The van der Waals surface area contributed by atoms with Crippen molar-refractivity contribution in [1.82, 2.24) is 9.78 Å². The number of hydrogen-bond donors (Lipinski definition) is 2. The molecule has 1 aromatic heterocycles. The number of anilines is 1. The summed E-state index contributed by atoms with van der Waals surface area (Å²) in [6.45, 7) is 1.78. The van der Waals surface area contributed by atoms with E-state index in [-0.39, 0.29) is 0 Å². The van der Waals surface area contributed by atoms with Crippen LogP contribution in [0, 0.1) is 0 Å². The molecule has 0 aliphatic rings. The Labute approximate surface area is 83.7 Å². The molecule has 0 radical (unpaired) electrons. The van der Waals surface area contributed by atoms with E-state index in [0.717, 1.165) is 0 Å². The molecule has 0 amide bonds. The average Bonchev–Trinajstić information content (AvgIpc) is 2.32. The molecule has 72 valence electrons. The number of nitrogen functional groups attached to an aromatic ring is 1.